The predicted octanol–water partition coefficient (Wildman–Crippen LogP) is 3.16. The number of methoxy groups -OCH3 is 2. The van der Waals surface area contributed by atoms with Crippen LogP contribution in [-0.4, -0.2) is 58.3 Å². The number of rotatable bonds is 11. The average Bonchev–Trinajstić information content (AvgIpc) is 3.28. The first-order valence-electron chi connectivity index (χ1n) is 10.6. The van der Waals surface area contributed by atoms with E-state index in [-0.39, 0.29) is 24.2 Å². The number of nitrogens with zero attached hydrogens (tertiary/aromatic N) is 3. The molecule has 35 heavy (non-hydrogen) atoms. The number of anilines is 1. The minimum atomic E-state index is -0.782. The SMILES string of the molecule is CCn1c(SCC(=O)Nc2cc(Cl)ccc2OC)nnc1[C@H](CO)NC(=O)c1ccc(OC)cc1. The van der Waals surface area contributed by atoms with Crippen LogP contribution in [0.2, 0.25) is 5.02 Å². The number of hydrogen-bond acceptors (Lipinski definition) is 8. The van der Waals surface area contributed by atoms with Gasteiger partial charge in [-0.3, -0.25) is 9.59 Å². The number of halogens is 1. The largest absolute Gasteiger partial charge is 0.497 e. The number of aliphatic hydroxyl groups excluding tert-OH is 1. The Labute approximate surface area is 212 Å². The molecular formula is C23H26ClN5O5S. The third-order valence-corrected chi connectivity index (χ3v) is 6.18. The first kappa shape index (κ1) is 26.3. The number of carbonyl (C=O) groups is 2. The molecule has 12 heteroatoms. The second-order valence-corrected chi connectivity index (χ2v) is 8.58. The molecule has 0 saturated carbocycles. The molecule has 0 radical (unpaired) electrons. The molecule has 10 nitrogen and oxygen atoms in total. The van der Waals surface area contributed by atoms with Crippen LogP contribution in [0.3, 0.4) is 0 Å². The molecule has 0 unspecified atom stereocenters. The monoisotopic (exact) mass is 519 g/mol. The van der Waals surface area contributed by atoms with E-state index in [1.54, 1.807) is 54.1 Å². The molecule has 0 spiro atoms. The molecule has 186 valence electrons. The maximum absolute atomic E-state index is 12.7. The Morgan fingerprint density at radius 3 is 2.51 bits per heavy atom. The highest BCUT2D eigenvalue weighted by molar-refractivity contribution is 7.99. The van der Waals surface area contributed by atoms with Crippen LogP contribution in [0.1, 0.15) is 29.1 Å². The van der Waals surface area contributed by atoms with Gasteiger partial charge < -0.3 is 29.8 Å². The highest BCUT2D eigenvalue weighted by Crippen LogP contribution is 2.28. The number of nitrogens with one attached hydrogen (secondary N) is 2. The van der Waals surface area contributed by atoms with Crippen LogP contribution in [-0.2, 0) is 11.3 Å². The molecule has 0 aliphatic heterocycles. The van der Waals surface area contributed by atoms with Crippen LogP contribution in [0.25, 0.3) is 0 Å². The van der Waals surface area contributed by atoms with E-state index in [1.807, 2.05) is 6.92 Å². The van der Waals surface area contributed by atoms with Gasteiger partial charge >= 0.3 is 0 Å². The Morgan fingerprint density at radius 2 is 1.89 bits per heavy atom. The van der Waals surface area contributed by atoms with E-state index in [1.165, 1.54) is 18.9 Å². The van der Waals surface area contributed by atoms with Gasteiger partial charge in [-0.2, -0.15) is 0 Å². The second kappa shape index (κ2) is 12.4. The molecule has 2 amide bonds. The van der Waals surface area contributed by atoms with Crippen LogP contribution < -0.4 is 20.1 Å². The lowest BCUT2D eigenvalue weighted by molar-refractivity contribution is -0.113. The van der Waals surface area contributed by atoms with E-state index < -0.39 is 6.04 Å². The zero-order valence-corrected chi connectivity index (χ0v) is 21.0. The van der Waals surface area contributed by atoms with Gasteiger partial charge in [-0.25, -0.2) is 0 Å². The van der Waals surface area contributed by atoms with Crippen molar-refractivity contribution in [3.8, 4) is 11.5 Å². The Morgan fingerprint density at radius 1 is 1.14 bits per heavy atom. The average molecular weight is 520 g/mol. The number of aliphatic hydroxyl groups is 1. The summed E-state index contributed by atoms with van der Waals surface area (Å²) >= 11 is 7.19. The minimum Gasteiger partial charge on any atom is -0.497 e. The fourth-order valence-electron chi connectivity index (χ4n) is 3.23. The van der Waals surface area contributed by atoms with E-state index >= 15 is 0 Å². The fraction of sp³-hybridized carbons (Fsp3) is 0.304. The van der Waals surface area contributed by atoms with E-state index in [0.29, 0.717) is 45.3 Å². The van der Waals surface area contributed by atoms with Gasteiger partial charge in [0, 0.05) is 17.1 Å². The number of ether oxygens (including phenoxy) is 2. The molecule has 3 aromatic rings. The molecule has 1 atom stereocenters. The lowest BCUT2D eigenvalue weighted by Crippen LogP contribution is -2.32. The molecule has 2 aromatic carbocycles. The maximum atomic E-state index is 12.7. The lowest BCUT2D eigenvalue weighted by atomic mass is 10.2. The van der Waals surface area contributed by atoms with Crippen LogP contribution >= 0.6 is 23.4 Å². The third kappa shape index (κ3) is 6.65. The van der Waals surface area contributed by atoms with Crippen molar-refractivity contribution in [3.05, 3.63) is 58.9 Å². The summed E-state index contributed by atoms with van der Waals surface area (Å²) in [4.78, 5) is 25.2. The number of thioether (sulfide) groups is 1. The second-order valence-electron chi connectivity index (χ2n) is 7.20. The summed E-state index contributed by atoms with van der Waals surface area (Å²) in [5.41, 5.74) is 0.874. The number of aromatic nitrogens is 3. The summed E-state index contributed by atoms with van der Waals surface area (Å²) < 4.78 is 12.1. The molecule has 0 aliphatic carbocycles. The highest BCUT2D eigenvalue weighted by Gasteiger charge is 2.23. The summed E-state index contributed by atoms with van der Waals surface area (Å²) in [5.74, 6) is 0.901. The van der Waals surface area contributed by atoms with Gasteiger partial charge in [-0.15, -0.1) is 10.2 Å². The van der Waals surface area contributed by atoms with Crippen molar-refractivity contribution >= 4 is 40.9 Å². The van der Waals surface area contributed by atoms with Crippen molar-refractivity contribution in [1.82, 2.24) is 20.1 Å². The topological polar surface area (TPSA) is 128 Å². The van der Waals surface area contributed by atoms with E-state index in [2.05, 4.69) is 20.8 Å². The lowest BCUT2D eigenvalue weighted by Gasteiger charge is -2.17. The van der Waals surface area contributed by atoms with Crippen LogP contribution in [0.4, 0.5) is 5.69 Å². The van der Waals surface area contributed by atoms with Gasteiger partial charge in [0.1, 0.15) is 17.5 Å². The van der Waals surface area contributed by atoms with Crippen molar-refractivity contribution < 1.29 is 24.2 Å². The minimum absolute atomic E-state index is 0.0514. The van der Waals surface area contributed by atoms with Gasteiger partial charge in [-0.1, -0.05) is 23.4 Å². The number of carbonyl (C=O) groups excluding carboxylic acids is 2. The molecule has 0 aliphatic rings. The van der Waals surface area contributed by atoms with Gasteiger partial charge in [0.25, 0.3) is 5.91 Å². The zero-order chi connectivity index (χ0) is 25.4. The summed E-state index contributed by atoms with van der Waals surface area (Å²) in [6.45, 7) is 1.98. The Bertz CT molecular complexity index is 1170. The molecule has 0 fully saturated rings. The van der Waals surface area contributed by atoms with Crippen LogP contribution in [0.15, 0.2) is 47.6 Å². The standard InChI is InChI=1S/C23H26ClN5O5S/c1-4-29-21(18(12-30)26-22(32)14-5-8-16(33-2)9-6-14)27-28-23(29)35-13-20(31)25-17-11-15(24)7-10-19(17)34-3/h5-11,18,30H,4,12-13H2,1-3H3,(H,25,31)(H,26,32)/t18-/m0/s1. The Hall–Kier alpha value is -3.28. The smallest absolute Gasteiger partial charge is 0.251 e. The molecule has 0 bridgehead atoms. The number of amides is 2. The van der Waals surface area contributed by atoms with Crippen molar-refractivity contribution in [1.29, 1.82) is 0 Å². The molecule has 3 N–H and O–H groups in total. The van der Waals surface area contributed by atoms with Crippen LogP contribution in [0.5, 0.6) is 11.5 Å². The first-order chi connectivity index (χ1) is 16.9. The van der Waals surface area contributed by atoms with Crippen molar-refractivity contribution in [2.45, 2.75) is 24.7 Å². The molecule has 3 rings (SSSR count). The van der Waals surface area contributed by atoms with E-state index in [0.717, 1.165) is 0 Å². The highest BCUT2D eigenvalue weighted by atomic mass is 35.5. The van der Waals surface area contributed by atoms with Gasteiger partial charge in [0.15, 0.2) is 11.0 Å². The predicted molar refractivity (Wildman–Crippen MR) is 133 cm³/mol. The Kier molecular flexibility index (Phi) is 9.35. The van der Waals surface area contributed by atoms with Crippen molar-refractivity contribution in [3.63, 3.8) is 0 Å². The van der Waals surface area contributed by atoms with E-state index in [9.17, 15) is 14.7 Å². The van der Waals surface area contributed by atoms with Crippen LogP contribution in [0, 0.1) is 0 Å². The van der Waals surface area contributed by atoms with Crippen molar-refractivity contribution in [2.75, 3.05) is 31.9 Å². The Balaban J connectivity index is 1.67. The third-order valence-electron chi connectivity index (χ3n) is 4.98. The van der Waals surface area contributed by atoms with Crippen molar-refractivity contribution in [2.24, 2.45) is 0 Å². The molecule has 0 saturated heterocycles. The summed E-state index contributed by atoms with van der Waals surface area (Å²) in [6.07, 6.45) is 0. The quantitative estimate of drug-likeness (QED) is 0.330. The number of benzene rings is 2. The van der Waals surface area contributed by atoms with Gasteiger partial charge in [0.05, 0.1) is 32.3 Å². The summed E-state index contributed by atoms with van der Waals surface area (Å²) in [7, 11) is 3.05. The molecular weight excluding hydrogens is 494 g/mol. The van der Waals surface area contributed by atoms with E-state index in [4.69, 9.17) is 21.1 Å². The van der Waals surface area contributed by atoms with Gasteiger partial charge in [0.2, 0.25) is 5.91 Å². The zero-order valence-electron chi connectivity index (χ0n) is 19.4. The normalized spacial score (nSPS) is 11.6. The summed E-state index contributed by atoms with van der Waals surface area (Å²) in [6, 6.07) is 10.8. The molecule has 1 heterocycles. The fourth-order valence-corrected chi connectivity index (χ4v) is 4.21. The number of hydrogen-bond donors (Lipinski definition) is 3. The maximum Gasteiger partial charge on any atom is 0.251 e. The first-order valence-corrected chi connectivity index (χ1v) is 12.0. The van der Waals surface area contributed by atoms with Gasteiger partial charge in [-0.05, 0) is 49.4 Å². The summed E-state index contributed by atoms with van der Waals surface area (Å²) in [5, 5.41) is 24.7. The molecule has 1 aromatic heterocycles.